The van der Waals surface area contributed by atoms with E-state index in [2.05, 4.69) is 5.32 Å². The Morgan fingerprint density at radius 2 is 2.04 bits per heavy atom. The first-order chi connectivity index (χ1) is 11.1. The molecule has 2 aromatic carbocycles. The van der Waals surface area contributed by atoms with E-state index in [9.17, 15) is 4.79 Å². The summed E-state index contributed by atoms with van der Waals surface area (Å²) in [5.74, 6) is 1.42. The molecule has 0 bridgehead atoms. The summed E-state index contributed by atoms with van der Waals surface area (Å²) in [7, 11) is 0. The Kier molecular flexibility index (Phi) is 4.72. The zero-order chi connectivity index (χ0) is 16.2. The number of carbonyl (C=O) groups excluding carboxylic acids is 1. The van der Waals surface area contributed by atoms with E-state index < -0.39 is 0 Å². The van der Waals surface area contributed by atoms with Crippen LogP contribution in [-0.2, 0) is 4.79 Å². The minimum absolute atomic E-state index is 0.0626. The minimum Gasteiger partial charge on any atom is -0.486 e. The molecular formula is C18H18ClNO3. The summed E-state index contributed by atoms with van der Waals surface area (Å²) in [5.41, 5.74) is 1.69. The molecule has 0 aromatic heterocycles. The van der Waals surface area contributed by atoms with Crippen LogP contribution in [0.4, 0.5) is 5.69 Å². The van der Waals surface area contributed by atoms with Crippen LogP contribution >= 0.6 is 11.6 Å². The molecule has 23 heavy (non-hydrogen) atoms. The summed E-state index contributed by atoms with van der Waals surface area (Å²) in [6.45, 7) is 2.38. The van der Waals surface area contributed by atoms with Gasteiger partial charge in [-0.25, -0.2) is 0 Å². The molecule has 1 amide bonds. The highest BCUT2D eigenvalue weighted by Crippen LogP contribution is 2.31. The van der Waals surface area contributed by atoms with Crippen LogP contribution < -0.4 is 14.8 Å². The van der Waals surface area contributed by atoms with Gasteiger partial charge in [0.25, 0.3) is 0 Å². The van der Waals surface area contributed by atoms with Crippen LogP contribution in [0.1, 0.15) is 18.4 Å². The quantitative estimate of drug-likeness (QED) is 0.913. The minimum atomic E-state index is -0.114. The van der Waals surface area contributed by atoms with Crippen molar-refractivity contribution >= 4 is 23.2 Å². The number of hydrogen-bond donors (Lipinski definition) is 1. The van der Waals surface area contributed by atoms with Crippen molar-refractivity contribution in [1.82, 2.24) is 0 Å². The summed E-state index contributed by atoms with van der Waals surface area (Å²) in [4.78, 5) is 12.0. The molecule has 1 aliphatic heterocycles. The lowest BCUT2D eigenvalue weighted by atomic mass is 10.1. The molecular weight excluding hydrogens is 314 g/mol. The van der Waals surface area contributed by atoms with Crippen LogP contribution in [0.3, 0.4) is 0 Å². The fourth-order valence-electron chi connectivity index (χ4n) is 2.39. The molecule has 4 nitrogen and oxygen atoms in total. The third-order valence-corrected chi connectivity index (χ3v) is 4.12. The predicted octanol–water partition coefficient (Wildman–Crippen LogP) is 4.21. The highest BCUT2D eigenvalue weighted by Gasteiger charge is 2.21. The van der Waals surface area contributed by atoms with Gasteiger partial charge < -0.3 is 14.8 Å². The molecule has 0 saturated heterocycles. The monoisotopic (exact) mass is 331 g/mol. The van der Waals surface area contributed by atoms with Crippen LogP contribution in [0.5, 0.6) is 11.5 Å². The second-order valence-corrected chi connectivity index (χ2v) is 5.96. The Morgan fingerprint density at radius 3 is 2.83 bits per heavy atom. The number of rotatable bonds is 4. The summed E-state index contributed by atoms with van der Waals surface area (Å²) in [6.07, 6.45) is 0.846. The van der Waals surface area contributed by atoms with E-state index in [-0.39, 0.29) is 12.0 Å². The fraction of sp³-hybridized carbons (Fsp3) is 0.278. The largest absolute Gasteiger partial charge is 0.486 e. The maximum absolute atomic E-state index is 12.0. The van der Waals surface area contributed by atoms with Crippen LogP contribution in [-0.4, -0.2) is 18.6 Å². The number of fused-ring (bicyclic) bond motifs is 1. The first kappa shape index (κ1) is 15.7. The second-order valence-electron chi connectivity index (χ2n) is 5.55. The average Bonchev–Trinajstić information content (AvgIpc) is 2.56. The van der Waals surface area contributed by atoms with E-state index in [1.807, 2.05) is 43.3 Å². The van der Waals surface area contributed by atoms with E-state index >= 15 is 0 Å². The molecule has 0 spiro atoms. The molecule has 1 atom stereocenters. The molecule has 1 aliphatic rings. The lowest BCUT2D eigenvalue weighted by molar-refractivity contribution is -0.116. The van der Waals surface area contributed by atoms with Crippen molar-refractivity contribution in [3.63, 3.8) is 0 Å². The highest BCUT2D eigenvalue weighted by atomic mass is 35.5. The number of benzene rings is 2. The van der Waals surface area contributed by atoms with Gasteiger partial charge in [0.15, 0.2) is 11.5 Å². The van der Waals surface area contributed by atoms with Gasteiger partial charge in [0, 0.05) is 17.1 Å². The molecule has 0 saturated carbocycles. The summed E-state index contributed by atoms with van der Waals surface area (Å²) in [6, 6.07) is 13.0. The number of amides is 1. The molecule has 2 aromatic rings. The van der Waals surface area contributed by atoms with Crippen LogP contribution in [0.15, 0.2) is 42.5 Å². The number of ether oxygens (including phenoxy) is 2. The van der Waals surface area contributed by atoms with E-state index in [4.69, 9.17) is 21.1 Å². The van der Waals surface area contributed by atoms with Gasteiger partial charge in [0.2, 0.25) is 5.91 Å². The van der Waals surface area contributed by atoms with Gasteiger partial charge in [-0.3, -0.25) is 4.79 Å². The number of para-hydroxylation sites is 2. The standard InChI is InChI=1S/C18H18ClNO3/c1-12-6-7-13(10-15(12)19)20-18(21)9-8-14-11-22-16-4-2-3-5-17(16)23-14/h2-7,10,14H,8-9,11H2,1H3,(H,20,21)/t14-/m1/s1. The Balaban J connectivity index is 1.51. The molecule has 0 radical (unpaired) electrons. The van der Waals surface area contributed by atoms with Crippen LogP contribution in [0, 0.1) is 6.92 Å². The van der Waals surface area contributed by atoms with E-state index in [0.29, 0.717) is 30.2 Å². The lowest BCUT2D eigenvalue weighted by Gasteiger charge is -2.26. The number of carbonyl (C=O) groups is 1. The van der Waals surface area contributed by atoms with Gasteiger partial charge in [-0.15, -0.1) is 0 Å². The lowest BCUT2D eigenvalue weighted by Crippen LogP contribution is -2.30. The normalized spacial score (nSPS) is 16.0. The smallest absolute Gasteiger partial charge is 0.224 e. The van der Waals surface area contributed by atoms with Gasteiger partial charge in [-0.05, 0) is 43.2 Å². The average molecular weight is 332 g/mol. The molecule has 120 valence electrons. The first-order valence-electron chi connectivity index (χ1n) is 7.56. The molecule has 3 rings (SSSR count). The van der Waals surface area contributed by atoms with Crippen molar-refractivity contribution in [3.05, 3.63) is 53.1 Å². The molecule has 5 heteroatoms. The van der Waals surface area contributed by atoms with E-state index in [0.717, 1.165) is 17.1 Å². The Morgan fingerprint density at radius 1 is 1.26 bits per heavy atom. The zero-order valence-electron chi connectivity index (χ0n) is 12.8. The van der Waals surface area contributed by atoms with Crippen LogP contribution in [0.25, 0.3) is 0 Å². The topological polar surface area (TPSA) is 47.6 Å². The number of hydrogen-bond acceptors (Lipinski definition) is 3. The van der Waals surface area contributed by atoms with Crippen molar-refractivity contribution in [1.29, 1.82) is 0 Å². The van der Waals surface area contributed by atoms with Crippen molar-refractivity contribution in [2.24, 2.45) is 0 Å². The van der Waals surface area contributed by atoms with Crippen LogP contribution in [0.2, 0.25) is 5.02 Å². The van der Waals surface area contributed by atoms with E-state index in [1.165, 1.54) is 0 Å². The second kappa shape index (κ2) is 6.92. The van der Waals surface area contributed by atoms with Gasteiger partial charge in [-0.1, -0.05) is 29.8 Å². The predicted molar refractivity (Wildman–Crippen MR) is 90.4 cm³/mol. The summed E-state index contributed by atoms with van der Waals surface area (Å²) in [5, 5.41) is 3.49. The highest BCUT2D eigenvalue weighted by molar-refractivity contribution is 6.31. The molecule has 0 aliphatic carbocycles. The zero-order valence-corrected chi connectivity index (χ0v) is 13.6. The Labute approximate surface area is 140 Å². The van der Waals surface area contributed by atoms with Crippen molar-refractivity contribution in [3.8, 4) is 11.5 Å². The van der Waals surface area contributed by atoms with Gasteiger partial charge in [-0.2, -0.15) is 0 Å². The Hall–Kier alpha value is -2.20. The third-order valence-electron chi connectivity index (χ3n) is 3.72. The molecule has 0 unspecified atom stereocenters. The molecule has 0 fully saturated rings. The number of nitrogens with one attached hydrogen (secondary N) is 1. The van der Waals surface area contributed by atoms with Gasteiger partial charge in [0.05, 0.1) is 0 Å². The first-order valence-corrected chi connectivity index (χ1v) is 7.94. The van der Waals surface area contributed by atoms with E-state index in [1.54, 1.807) is 6.07 Å². The fourth-order valence-corrected chi connectivity index (χ4v) is 2.57. The Bertz CT molecular complexity index is 717. The molecule has 1 heterocycles. The number of anilines is 1. The maximum atomic E-state index is 12.0. The maximum Gasteiger partial charge on any atom is 0.224 e. The number of halogens is 1. The SMILES string of the molecule is Cc1ccc(NC(=O)CC[C@@H]2COc3ccccc3O2)cc1Cl. The summed E-state index contributed by atoms with van der Waals surface area (Å²) >= 11 is 6.06. The summed E-state index contributed by atoms with van der Waals surface area (Å²) < 4.78 is 11.5. The van der Waals surface area contributed by atoms with Crippen molar-refractivity contribution in [2.45, 2.75) is 25.9 Å². The third kappa shape index (κ3) is 3.96. The van der Waals surface area contributed by atoms with Crippen molar-refractivity contribution in [2.75, 3.05) is 11.9 Å². The number of aryl methyl sites for hydroxylation is 1. The van der Waals surface area contributed by atoms with Gasteiger partial charge >= 0.3 is 0 Å². The molecule has 1 N–H and O–H groups in total. The van der Waals surface area contributed by atoms with Gasteiger partial charge in [0.1, 0.15) is 12.7 Å². The van der Waals surface area contributed by atoms with Crippen molar-refractivity contribution < 1.29 is 14.3 Å².